The van der Waals surface area contributed by atoms with Crippen molar-refractivity contribution in [1.29, 1.82) is 0 Å². The molecule has 0 aliphatic carbocycles. The molecule has 1 rings (SSSR count). The highest BCUT2D eigenvalue weighted by atomic mass is 19.4. The Morgan fingerprint density at radius 3 is 2.28 bits per heavy atom. The zero-order valence-corrected chi connectivity index (χ0v) is 10.7. The first kappa shape index (κ1) is 17.2. The van der Waals surface area contributed by atoms with Gasteiger partial charge in [0, 0.05) is 12.6 Å². The molecule has 0 saturated carbocycles. The number of carboxylic acids is 1. The van der Waals surface area contributed by atoms with Crippen LogP contribution >= 0.6 is 0 Å². The first-order chi connectivity index (χ1) is 8.12. The molecule has 0 radical (unpaired) electrons. The average molecular weight is 270 g/mol. The van der Waals surface area contributed by atoms with Gasteiger partial charge in [-0.05, 0) is 31.8 Å². The largest absolute Gasteiger partial charge is 0.490 e. The predicted octanol–water partition coefficient (Wildman–Crippen LogP) is 1.70. The molecule has 0 bridgehead atoms. The fourth-order valence-corrected chi connectivity index (χ4v) is 1.51. The Morgan fingerprint density at radius 1 is 1.50 bits per heavy atom. The molecular weight excluding hydrogens is 249 g/mol. The monoisotopic (exact) mass is 270 g/mol. The number of aliphatic carboxylic acids is 1. The molecule has 0 aromatic carbocycles. The van der Waals surface area contributed by atoms with Gasteiger partial charge in [-0.3, -0.25) is 0 Å². The summed E-state index contributed by atoms with van der Waals surface area (Å²) in [4.78, 5) is 11.4. The normalized spacial score (nSPS) is 20.7. The summed E-state index contributed by atoms with van der Waals surface area (Å²) in [5.74, 6) is -1.93. The molecule has 108 valence electrons. The van der Waals surface area contributed by atoms with E-state index in [1.54, 1.807) is 0 Å². The second kappa shape index (κ2) is 7.58. The van der Waals surface area contributed by atoms with Crippen LogP contribution in [0.5, 0.6) is 0 Å². The molecule has 1 aliphatic heterocycles. The highest BCUT2D eigenvalue weighted by Gasteiger charge is 2.38. The molecule has 0 amide bonds. The van der Waals surface area contributed by atoms with Gasteiger partial charge >= 0.3 is 12.1 Å². The Bertz CT molecular complexity index is 257. The lowest BCUT2D eigenvalue weighted by Gasteiger charge is -2.15. The van der Waals surface area contributed by atoms with Gasteiger partial charge in [0.2, 0.25) is 0 Å². The molecule has 1 heterocycles. The van der Waals surface area contributed by atoms with Crippen molar-refractivity contribution in [1.82, 2.24) is 4.90 Å². The van der Waals surface area contributed by atoms with E-state index in [2.05, 4.69) is 18.7 Å². The van der Waals surface area contributed by atoms with Crippen molar-refractivity contribution in [3.05, 3.63) is 0 Å². The van der Waals surface area contributed by atoms with E-state index in [0.717, 1.165) is 12.5 Å². The van der Waals surface area contributed by atoms with Gasteiger partial charge in [-0.1, -0.05) is 13.8 Å². The second-order valence-corrected chi connectivity index (χ2v) is 4.83. The molecule has 1 fully saturated rings. The van der Waals surface area contributed by atoms with E-state index in [0.29, 0.717) is 6.04 Å². The number of likely N-dealkylation sites (tertiary alicyclic amines) is 1. The molecule has 7 heteroatoms. The third-order valence-corrected chi connectivity index (χ3v) is 2.57. The lowest BCUT2D eigenvalue weighted by atomic mass is 10.1. The maximum absolute atomic E-state index is 10.6. The van der Waals surface area contributed by atoms with Crippen LogP contribution < -0.4 is 5.73 Å². The van der Waals surface area contributed by atoms with E-state index >= 15 is 0 Å². The quantitative estimate of drug-likeness (QED) is 0.819. The number of nitrogens with zero attached hydrogens (tertiary/aromatic N) is 1. The Morgan fingerprint density at radius 2 is 2.00 bits per heavy atom. The van der Waals surface area contributed by atoms with E-state index in [4.69, 9.17) is 15.6 Å². The van der Waals surface area contributed by atoms with Crippen LogP contribution in [0.25, 0.3) is 0 Å². The van der Waals surface area contributed by atoms with Crippen LogP contribution in [0.4, 0.5) is 13.2 Å². The van der Waals surface area contributed by atoms with Crippen LogP contribution in [0.1, 0.15) is 26.7 Å². The van der Waals surface area contributed by atoms with Gasteiger partial charge in [-0.15, -0.1) is 0 Å². The maximum Gasteiger partial charge on any atom is 0.490 e. The van der Waals surface area contributed by atoms with Gasteiger partial charge in [0.15, 0.2) is 0 Å². The van der Waals surface area contributed by atoms with Gasteiger partial charge < -0.3 is 15.7 Å². The van der Waals surface area contributed by atoms with E-state index in [1.165, 1.54) is 25.9 Å². The van der Waals surface area contributed by atoms with E-state index in [-0.39, 0.29) is 0 Å². The fourth-order valence-electron chi connectivity index (χ4n) is 1.51. The summed E-state index contributed by atoms with van der Waals surface area (Å²) in [7, 11) is 0. The molecule has 4 nitrogen and oxygen atoms in total. The Hall–Kier alpha value is -0.820. The summed E-state index contributed by atoms with van der Waals surface area (Å²) in [6.07, 6.45) is -2.58. The van der Waals surface area contributed by atoms with Crippen LogP contribution in [0.2, 0.25) is 0 Å². The molecule has 18 heavy (non-hydrogen) atoms. The topological polar surface area (TPSA) is 66.6 Å². The Labute approximate surface area is 105 Å². The third kappa shape index (κ3) is 8.30. The van der Waals surface area contributed by atoms with Gasteiger partial charge in [0.05, 0.1) is 0 Å². The standard InChI is InChI=1S/C9H20N2.C2HF3O2/c1-8(2)3-5-11-6-4-9(10)7-11;3-2(4,5)1(6)7/h8-9H,3-7,10H2,1-2H3;(H,6,7). The number of hydrogen-bond donors (Lipinski definition) is 2. The van der Waals surface area contributed by atoms with Crippen molar-refractivity contribution in [2.24, 2.45) is 11.7 Å². The molecule has 0 aromatic rings. The molecular formula is C11H21F3N2O2. The number of alkyl halides is 3. The lowest BCUT2D eigenvalue weighted by Crippen LogP contribution is -2.27. The first-order valence-corrected chi connectivity index (χ1v) is 5.91. The number of rotatable bonds is 3. The molecule has 3 N–H and O–H groups in total. The second-order valence-electron chi connectivity index (χ2n) is 4.83. The van der Waals surface area contributed by atoms with Crippen LogP contribution in [0.3, 0.4) is 0 Å². The van der Waals surface area contributed by atoms with E-state index < -0.39 is 12.1 Å². The zero-order chi connectivity index (χ0) is 14.3. The van der Waals surface area contributed by atoms with Crippen molar-refractivity contribution < 1.29 is 23.1 Å². The van der Waals surface area contributed by atoms with Crippen LogP contribution in [-0.4, -0.2) is 47.8 Å². The summed E-state index contributed by atoms with van der Waals surface area (Å²) in [6.45, 7) is 8.12. The Kier molecular flexibility index (Phi) is 7.23. The number of carboxylic acid groups (broad SMARTS) is 1. The van der Waals surface area contributed by atoms with Crippen molar-refractivity contribution in [2.75, 3.05) is 19.6 Å². The summed E-state index contributed by atoms with van der Waals surface area (Å²) >= 11 is 0. The van der Waals surface area contributed by atoms with Gasteiger partial charge in [0.1, 0.15) is 0 Å². The van der Waals surface area contributed by atoms with Crippen LogP contribution in [0.15, 0.2) is 0 Å². The number of nitrogens with two attached hydrogens (primary N) is 1. The molecule has 1 unspecified atom stereocenters. The van der Waals surface area contributed by atoms with Gasteiger partial charge in [0.25, 0.3) is 0 Å². The zero-order valence-electron chi connectivity index (χ0n) is 10.7. The first-order valence-electron chi connectivity index (χ1n) is 5.91. The SMILES string of the molecule is CC(C)CCN1CCC(N)C1.O=C(O)C(F)(F)F. The molecule has 0 spiro atoms. The summed E-state index contributed by atoms with van der Waals surface area (Å²) in [5.41, 5.74) is 5.79. The van der Waals surface area contributed by atoms with E-state index in [9.17, 15) is 13.2 Å². The number of carbonyl (C=O) groups is 1. The molecule has 0 aromatic heterocycles. The minimum absolute atomic E-state index is 0.446. The summed E-state index contributed by atoms with van der Waals surface area (Å²) in [6, 6.07) is 0.446. The molecule has 1 aliphatic rings. The van der Waals surface area contributed by atoms with Gasteiger partial charge in [-0.25, -0.2) is 4.79 Å². The minimum atomic E-state index is -5.08. The van der Waals surface area contributed by atoms with Crippen molar-refractivity contribution in [3.8, 4) is 0 Å². The number of hydrogen-bond acceptors (Lipinski definition) is 3. The molecule has 1 saturated heterocycles. The minimum Gasteiger partial charge on any atom is -0.475 e. The van der Waals surface area contributed by atoms with Crippen molar-refractivity contribution >= 4 is 5.97 Å². The summed E-state index contributed by atoms with van der Waals surface area (Å²) in [5, 5.41) is 7.12. The average Bonchev–Trinajstić information content (AvgIpc) is 2.60. The van der Waals surface area contributed by atoms with Gasteiger partial charge in [-0.2, -0.15) is 13.2 Å². The highest BCUT2D eigenvalue weighted by molar-refractivity contribution is 5.73. The predicted molar refractivity (Wildman–Crippen MR) is 62.2 cm³/mol. The molecule has 1 atom stereocenters. The smallest absolute Gasteiger partial charge is 0.475 e. The third-order valence-electron chi connectivity index (χ3n) is 2.57. The number of halogens is 3. The fraction of sp³-hybridized carbons (Fsp3) is 0.909. The highest BCUT2D eigenvalue weighted by Crippen LogP contribution is 2.13. The lowest BCUT2D eigenvalue weighted by molar-refractivity contribution is -0.192. The summed E-state index contributed by atoms with van der Waals surface area (Å²) < 4.78 is 31.7. The van der Waals surface area contributed by atoms with Crippen LogP contribution in [0, 0.1) is 5.92 Å². The Balaban J connectivity index is 0.000000360. The van der Waals surface area contributed by atoms with Crippen molar-refractivity contribution in [3.63, 3.8) is 0 Å². The maximum atomic E-state index is 10.6. The van der Waals surface area contributed by atoms with Crippen LogP contribution in [-0.2, 0) is 4.79 Å². The van der Waals surface area contributed by atoms with E-state index in [1.807, 2.05) is 0 Å². The van der Waals surface area contributed by atoms with Crippen molar-refractivity contribution in [2.45, 2.75) is 38.9 Å².